The Morgan fingerprint density at radius 3 is 2.76 bits per heavy atom. The third kappa shape index (κ3) is 4.98. The molecule has 1 atom stereocenters. The normalized spacial score (nSPS) is 19.6. The maximum absolute atomic E-state index is 12.9. The van der Waals surface area contributed by atoms with Crippen LogP contribution in [0.15, 0.2) is 46.8 Å². The molecule has 170 valence electrons. The van der Waals surface area contributed by atoms with Gasteiger partial charge in [-0.25, -0.2) is 15.0 Å². The number of carbonyl (C=O) groups is 1. The standard InChI is InChI=1S/C24H28N8O/c1-16-10-25-22(26-11-16)15-32-7-5-17(6-8-32)23(33)30-24-27-12-19-4-3-18(9-21(19)29-24)20-13-28-31(2)14-20/h3-4,9-10,12-14,16-17H,5-8,11,15H2,1-2H3,(H,27,29,30,33). The van der Waals surface area contributed by atoms with Gasteiger partial charge in [0, 0.05) is 55.0 Å². The summed E-state index contributed by atoms with van der Waals surface area (Å²) in [5.74, 6) is 1.60. The number of aliphatic imine (C=N–C) groups is 2. The van der Waals surface area contributed by atoms with Gasteiger partial charge in [-0.2, -0.15) is 5.10 Å². The number of fused-ring (bicyclic) bond motifs is 1. The molecule has 0 saturated carbocycles. The lowest BCUT2D eigenvalue weighted by molar-refractivity contribution is -0.121. The molecule has 9 nitrogen and oxygen atoms in total. The number of amides is 1. The molecule has 1 N–H and O–H groups in total. The summed E-state index contributed by atoms with van der Waals surface area (Å²) in [6.45, 7) is 5.40. The minimum absolute atomic E-state index is 0.0146. The van der Waals surface area contributed by atoms with Crippen LogP contribution >= 0.6 is 0 Å². The lowest BCUT2D eigenvalue weighted by atomic mass is 9.96. The lowest BCUT2D eigenvalue weighted by Crippen LogP contribution is -2.40. The van der Waals surface area contributed by atoms with E-state index in [0.29, 0.717) is 11.9 Å². The SMILES string of the molecule is CC1C=NC(CN2CCC(C(=O)Nc3ncc4ccc(-c5cnn(C)c5)cc4n3)CC2)=NC1. The Kier molecular flexibility index (Phi) is 5.95. The van der Waals surface area contributed by atoms with Gasteiger partial charge in [0.05, 0.1) is 18.3 Å². The molecule has 2 aliphatic rings. The number of nitrogens with zero attached hydrogens (tertiary/aromatic N) is 7. The molecule has 5 rings (SSSR count). The molecular weight excluding hydrogens is 416 g/mol. The second-order valence-corrected chi connectivity index (χ2v) is 8.92. The number of hydrogen-bond acceptors (Lipinski definition) is 7. The van der Waals surface area contributed by atoms with Crippen molar-refractivity contribution < 1.29 is 4.79 Å². The number of carbonyl (C=O) groups excluding carboxylic acids is 1. The summed E-state index contributed by atoms with van der Waals surface area (Å²) in [7, 11) is 1.89. The molecule has 1 amide bonds. The van der Waals surface area contributed by atoms with E-state index in [0.717, 1.165) is 66.9 Å². The summed E-state index contributed by atoms with van der Waals surface area (Å²) in [6, 6.07) is 6.01. The van der Waals surface area contributed by atoms with Crippen LogP contribution in [0.4, 0.5) is 5.95 Å². The third-order valence-corrected chi connectivity index (χ3v) is 6.22. The highest BCUT2D eigenvalue weighted by Gasteiger charge is 2.26. The van der Waals surface area contributed by atoms with Crippen molar-refractivity contribution in [3.63, 3.8) is 0 Å². The maximum Gasteiger partial charge on any atom is 0.229 e. The molecule has 9 heteroatoms. The zero-order valence-corrected chi connectivity index (χ0v) is 19.0. The number of hydrogen-bond donors (Lipinski definition) is 1. The maximum atomic E-state index is 12.9. The van der Waals surface area contributed by atoms with Crippen molar-refractivity contribution in [2.24, 2.45) is 28.9 Å². The second kappa shape index (κ2) is 9.19. The molecule has 0 spiro atoms. The van der Waals surface area contributed by atoms with Gasteiger partial charge in [0.25, 0.3) is 0 Å². The number of benzene rings is 1. The molecule has 1 fully saturated rings. The number of aromatic nitrogens is 4. The molecular formula is C24H28N8O. The Bertz CT molecular complexity index is 1220. The van der Waals surface area contributed by atoms with Crippen molar-refractivity contribution in [3.05, 3.63) is 36.8 Å². The Morgan fingerprint density at radius 1 is 1.18 bits per heavy atom. The molecule has 1 saturated heterocycles. The Morgan fingerprint density at radius 2 is 2.03 bits per heavy atom. The number of aryl methyl sites for hydroxylation is 1. The fraction of sp³-hybridized carbons (Fsp3) is 0.417. The van der Waals surface area contributed by atoms with Gasteiger partial charge in [-0.3, -0.25) is 24.7 Å². The van der Waals surface area contributed by atoms with Crippen molar-refractivity contribution >= 4 is 34.8 Å². The zero-order chi connectivity index (χ0) is 22.8. The van der Waals surface area contributed by atoms with E-state index in [-0.39, 0.29) is 11.8 Å². The summed E-state index contributed by atoms with van der Waals surface area (Å²) in [6.07, 6.45) is 9.12. The summed E-state index contributed by atoms with van der Waals surface area (Å²) < 4.78 is 1.77. The van der Waals surface area contributed by atoms with Crippen LogP contribution in [0.3, 0.4) is 0 Å². The number of amidine groups is 1. The Labute approximate surface area is 192 Å². The Balaban J connectivity index is 1.20. The van der Waals surface area contributed by atoms with E-state index in [2.05, 4.69) is 42.2 Å². The number of anilines is 1. The van der Waals surface area contributed by atoms with E-state index in [1.165, 1.54) is 0 Å². The van der Waals surface area contributed by atoms with Crippen LogP contribution in [0.1, 0.15) is 19.8 Å². The van der Waals surface area contributed by atoms with Gasteiger partial charge in [0.15, 0.2) is 0 Å². The topological polar surface area (TPSA) is 101 Å². The third-order valence-electron chi connectivity index (χ3n) is 6.22. The highest BCUT2D eigenvalue weighted by Crippen LogP contribution is 2.24. The largest absolute Gasteiger partial charge is 0.296 e. The van der Waals surface area contributed by atoms with Crippen LogP contribution in [0.5, 0.6) is 0 Å². The van der Waals surface area contributed by atoms with Gasteiger partial charge in [0.2, 0.25) is 11.9 Å². The number of rotatable bonds is 5. The fourth-order valence-electron chi connectivity index (χ4n) is 4.24. The van der Waals surface area contributed by atoms with E-state index < -0.39 is 0 Å². The van der Waals surface area contributed by atoms with Gasteiger partial charge in [0.1, 0.15) is 5.84 Å². The molecule has 1 unspecified atom stereocenters. The van der Waals surface area contributed by atoms with Gasteiger partial charge in [-0.05, 0) is 37.6 Å². The smallest absolute Gasteiger partial charge is 0.229 e. The van der Waals surface area contributed by atoms with E-state index in [1.807, 2.05) is 43.9 Å². The van der Waals surface area contributed by atoms with E-state index in [9.17, 15) is 4.79 Å². The van der Waals surface area contributed by atoms with Crippen molar-refractivity contribution in [3.8, 4) is 11.1 Å². The lowest BCUT2D eigenvalue weighted by Gasteiger charge is -2.31. The second-order valence-electron chi connectivity index (χ2n) is 8.92. The Hall–Kier alpha value is -3.46. The monoisotopic (exact) mass is 444 g/mol. The van der Waals surface area contributed by atoms with Crippen molar-refractivity contribution in [1.29, 1.82) is 0 Å². The van der Waals surface area contributed by atoms with Crippen LogP contribution in [0.2, 0.25) is 0 Å². The van der Waals surface area contributed by atoms with E-state index in [4.69, 9.17) is 0 Å². The molecule has 33 heavy (non-hydrogen) atoms. The van der Waals surface area contributed by atoms with E-state index in [1.54, 1.807) is 10.9 Å². The van der Waals surface area contributed by atoms with Gasteiger partial charge in [-0.1, -0.05) is 19.1 Å². The number of likely N-dealkylation sites (tertiary alicyclic amines) is 1. The number of nitrogens with one attached hydrogen (secondary N) is 1. The highest BCUT2D eigenvalue weighted by molar-refractivity contribution is 5.94. The van der Waals surface area contributed by atoms with Gasteiger partial charge >= 0.3 is 0 Å². The summed E-state index contributed by atoms with van der Waals surface area (Å²) in [4.78, 5) is 33.1. The van der Waals surface area contributed by atoms with Crippen molar-refractivity contribution in [2.45, 2.75) is 19.8 Å². The molecule has 0 radical (unpaired) electrons. The van der Waals surface area contributed by atoms with Crippen LogP contribution < -0.4 is 5.32 Å². The zero-order valence-electron chi connectivity index (χ0n) is 19.0. The molecule has 4 heterocycles. The summed E-state index contributed by atoms with van der Waals surface area (Å²) in [5, 5.41) is 8.09. The summed E-state index contributed by atoms with van der Waals surface area (Å²) >= 11 is 0. The predicted octanol–water partition coefficient (Wildman–Crippen LogP) is 2.80. The molecule has 2 aromatic heterocycles. The first-order chi connectivity index (χ1) is 16.0. The fourth-order valence-corrected chi connectivity index (χ4v) is 4.24. The molecule has 1 aromatic carbocycles. The minimum atomic E-state index is -0.0425. The first kappa shape index (κ1) is 21.4. The first-order valence-corrected chi connectivity index (χ1v) is 11.4. The van der Waals surface area contributed by atoms with E-state index >= 15 is 0 Å². The first-order valence-electron chi connectivity index (χ1n) is 11.4. The van der Waals surface area contributed by atoms with Crippen LogP contribution in [-0.4, -0.2) is 68.8 Å². The quantitative estimate of drug-likeness (QED) is 0.652. The van der Waals surface area contributed by atoms with Gasteiger partial charge < -0.3 is 0 Å². The van der Waals surface area contributed by atoms with Crippen LogP contribution in [0, 0.1) is 11.8 Å². The molecule has 3 aromatic rings. The summed E-state index contributed by atoms with van der Waals surface area (Å²) in [5.41, 5.74) is 2.84. The average Bonchev–Trinajstić information content (AvgIpc) is 3.27. The number of piperidine rings is 1. The molecule has 0 aliphatic carbocycles. The van der Waals surface area contributed by atoms with Crippen molar-refractivity contribution in [2.75, 3.05) is 31.5 Å². The average molecular weight is 445 g/mol. The minimum Gasteiger partial charge on any atom is -0.296 e. The predicted molar refractivity (Wildman–Crippen MR) is 129 cm³/mol. The van der Waals surface area contributed by atoms with Crippen LogP contribution in [0.25, 0.3) is 22.0 Å². The van der Waals surface area contributed by atoms with Crippen LogP contribution in [-0.2, 0) is 11.8 Å². The highest BCUT2D eigenvalue weighted by atomic mass is 16.2. The molecule has 0 bridgehead atoms. The van der Waals surface area contributed by atoms with Crippen molar-refractivity contribution in [1.82, 2.24) is 24.6 Å². The van der Waals surface area contributed by atoms with Gasteiger partial charge in [-0.15, -0.1) is 0 Å². The molecule has 2 aliphatic heterocycles.